The van der Waals surface area contributed by atoms with Crippen molar-refractivity contribution in [3.05, 3.63) is 35.9 Å². The van der Waals surface area contributed by atoms with Crippen LogP contribution in [0.3, 0.4) is 0 Å². The van der Waals surface area contributed by atoms with Crippen molar-refractivity contribution in [1.82, 2.24) is 0 Å². The number of hydrogen-bond acceptors (Lipinski definition) is 1. The van der Waals surface area contributed by atoms with Gasteiger partial charge in [-0.1, -0.05) is 68.9 Å². The molecular formula is C14H20OSi. The quantitative estimate of drug-likeness (QED) is 0.626. The molecule has 1 aromatic carbocycles. The minimum Gasteiger partial charge on any atom is -0.431 e. The summed E-state index contributed by atoms with van der Waals surface area (Å²) in [6.45, 7) is 0. The Morgan fingerprint density at radius 2 is 1.62 bits per heavy atom. The molecule has 0 spiro atoms. The Bertz CT molecular complexity index is 291. The molecule has 0 saturated heterocycles. The first-order valence-corrected chi connectivity index (χ1v) is 7.39. The van der Waals surface area contributed by atoms with Crippen LogP contribution in [0.1, 0.15) is 49.6 Å². The zero-order valence-corrected chi connectivity index (χ0v) is 10.7. The van der Waals surface area contributed by atoms with E-state index in [1.165, 1.54) is 44.1 Å². The Hall–Kier alpha value is -0.603. The van der Waals surface area contributed by atoms with E-state index < -0.39 is 0 Å². The van der Waals surface area contributed by atoms with E-state index in [-0.39, 0.29) is 9.76 Å². The van der Waals surface area contributed by atoms with Crippen LogP contribution in [0.2, 0.25) is 0 Å². The molecule has 0 bridgehead atoms. The van der Waals surface area contributed by atoms with Crippen LogP contribution in [0.15, 0.2) is 30.3 Å². The number of hydrogen-bond donors (Lipinski definition) is 1. The molecule has 1 saturated carbocycles. The normalized spacial score (nSPS) is 20.3. The molecule has 0 aliphatic heterocycles. The van der Waals surface area contributed by atoms with Crippen molar-refractivity contribution in [2.75, 3.05) is 0 Å². The van der Waals surface area contributed by atoms with E-state index in [0.717, 1.165) is 0 Å². The summed E-state index contributed by atoms with van der Waals surface area (Å²) in [5, 5.41) is 0. The molecule has 0 aromatic heterocycles. The molecule has 1 unspecified atom stereocenters. The highest BCUT2D eigenvalue weighted by molar-refractivity contribution is 6.28. The number of rotatable bonds is 3. The van der Waals surface area contributed by atoms with Gasteiger partial charge in [-0.15, -0.1) is 0 Å². The van der Waals surface area contributed by atoms with E-state index in [0.29, 0.717) is 11.5 Å². The molecule has 1 aliphatic carbocycles. The second kappa shape index (κ2) is 6.21. The molecule has 16 heavy (non-hydrogen) atoms. The van der Waals surface area contributed by atoms with Gasteiger partial charge in [-0.3, -0.25) is 0 Å². The Kier molecular flexibility index (Phi) is 4.61. The smallest absolute Gasteiger partial charge is 0.232 e. The Labute approximate surface area is 101 Å². The monoisotopic (exact) mass is 232 g/mol. The predicted molar refractivity (Wildman–Crippen MR) is 68.3 cm³/mol. The van der Waals surface area contributed by atoms with Crippen LogP contribution in [0, 0.1) is 5.92 Å². The molecule has 1 aromatic rings. The number of benzene rings is 1. The highest BCUT2D eigenvalue weighted by Gasteiger charge is 2.24. The minimum atomic E-state index is 0.0541. The summed E-state index contributed by atoms with van der Waals surface area (Å²) in [5.74, 6) is 0.702. The lowest BCUT2D eigenvalue weighted by Crippen LogP contribution is -2.18. The van der Waals surface area contributed by atoms with Gasteiger partial charge in [0.25, 0.3) is 0 Å². The van der Waals surface area contributed by atoms with E-state index in [4.69, 9.17) is 0 Å². The highest BCUT2D eigenvalue weighted by Crippen LogP contribution is 2.34. The molecule has 2 rings (SSSR count). The molecular weight excluding hydrogens is 212 g/mol. The van der Waals surface area contributed by atoms with Crippen LogP contribution in [-0.2, 0) is 0 Å². The summed E-state index contributed by atoms with van der Waals surface area (Å²) < 4.78 is 0. The fraction of sp³-hybridized carbons (Fsp3) is 0.571. The maximum Gasteiger partial charge on any atom is 0.232 e. The van der Waals surface area contributed by atoms with Gasteiger partial charge in [-0.05, 0) is 11.5 Å². The van der Waals surface area contributed by atoms with Gasteiger partial charge in [-0.2, -0.15) is 0 Å². The maximum atomic E-state index is 9.65. The molecule has 0 heterocycles. The van der Waals surface area contributed by atoms with E-state index in [2.05, 4.69) is 24.3 Å². The van der Waals surface area contributed by atoms with Crippen molar-refractivity contribution in [3.63, 3.8) is 0 Å². The van der Waals surface area contributed by atoms with E-state index in [9.17, 15) is 4.80 Å². The first kappa shape index (κ1) is 11.9. The Balaban J connectivity index is 2.09. The summed E-state index contributed by atoms with van der Waals surface area (Å²) in [6, 6.07) is 10.5. The van der Waals surface area contributed by atoms with Crippen molar-refractivity contribution in [1.29, 1.82) is 0 Å². The fourth-order valence-corrected chi connectivity index (χ4v) is 3.64. The topological polar surface area (TPSA) is 20.2 Å². The molecule has 0 amide bonds. The summed E-state index contributed by atoms with van der Waals surface area (Å²) >= 11 is 0. The van der Waals surface area contributed by atoms with Crippen molar-refractivity contribution in [2.45, 2.75) is 44.1 Å². The van der Waals surface area contributed by atoms with Gasteiger partial charge in [-0.25, -0.2) is 0 Å². The SMILES string of the molecule is O[Si]C(c1ccccc1)C1CCCCCC1. The summed E-state index contributed by atoms with van der Waals surface area (Å²) in [5.41, 5.74) is 1.72. The van der Waals surface area contributed by atoms with Crippen molar-refractivity contribution >= 4 is 9.76 Å². The lowest BCUT2D eigenvalue weighted by atomic mass is 9.92. The van der Waals surface area contributed by atoms with Crippen LogP contribution in [-0.4, -0.2) is 14.6 Å². The largest absolute Gasteiger partial charge is 0.431 e. The first-order valence-electron chi connectivity index (χ1n) is 6.36. The van der Waals surface area contributed by atoms with Crippen molar-refractivity contribution < 1.29 is 4.80 Å². The van der Waals surface area contributed by atoms with Gasteiger partial charge < -0.3 is 4.80 Å². The third kappa shape index (κ3) is 2.95. The Morgan fingerprint density at radius 3 is 2.19 bits per heavy atom. The lowest BCUT2D eigenvalue weighted by Gasteiger charge is -2.23. The minimum absolute atomic E-state index is 0.0541. The van der Waals surface area contributed by atoms with Gasteiger partial charge in [0.15, 0.2) is 0 Å². The average molecular weight is 232 g/mol. The molecule has 2 heteroatoms. The molecule has 1 fully saturated rings. The predicted octanol–water partition coefficient (Wildman–Crippen LogP) is 3.31. The maximum absolute atomic E-state index is 9.65. The van der Waals surface area contributed by atoms with Crippen LogP contribution in [0.25, 0.3) is 0 Å². The molecule has 1 atom stereocenters. The first-order chi connectivity index (χ1) is 7.92. The average Bonchev–Trinajstić information content (AvgIpc) is 2.61. The standard InChI is InChI=1S/C14H20OSi/c15-16-14(13-10-6-3-7-11-13)12-8-4-1-2-5-9-12/h3,6-7,10-12,14-15H,1-2,4-5,8-9H2. The van der Waals surface area contributed by atoms with Crippen LogP contribution in [0.4, 0.5) is 0 Å². The summed E-state index contributed by atoms with van der Waals surface area (Å²) in [6.07, 6.45) is 8.05. The molecule has 2 radical (unpaired) electrons. The van der Waals surface area contributed by atoms with Crippen molar-refractivity contribution in [2.24, 2.45) is 5.92 Å². The van der Waals surface area contributed by atoms with E-state index >= 15 is 0 Å². The van der Waals surface area contributed by atoms with Crippen LogP contribution >= 0.6 is 0 Å². The van der Waals surface area contributed by atoms with Gasteiger partial charge in [0, 0.05) is 5.54 Å². The van der Waals surface area contributed by atoms with Crippen LogP contribution < -0.4 is 0 Å². The van der Waals surface area contributed by atoms with Gasteiger partial charge in [0.2, 0.25) is 9.76 Å². The highest BCUT2D eigenvalue weighted by atomic mass is 28.2. The molecule has 1 nitrogen and oxygen atoms in total. The third-order valence-electron chi connectivity index (χ3n) is 3.67. The molecule has 1 N–H and O–H groups in total. The lowest BCUT2D eigenvalue weighted by molar-refractivity contribution is 0.418. The van der Waals surface area contributed by atoms with Gasteiger partial charge >= 0.3 is 0 Å². The molecule has 86 valence electrons. The fourth-order valence-electron chi connectivity index (χ4n) is 2.76. The Morgan fingerprint density at radius 1 is 1.00 bits per heavy atom. The third-order valence-corrected chi connectivity index (χ3v) is 4.75. The van der Waals surface area contributed by atoms with Crippen molar-refractivity contribution in [3.8, 4) is 0 Å². The van der Waals surface area contributed by atoms with Crippen LogP contribution in [0.5, 0.6) is 0 Å². The summed E-state index contributed by atoms with van der Waals surface area (Å²) in [4.78, 5) is 9.65. The molecule has 1 aliphatic rings. The second-order valence-corrected chi connectivity index (χ2v) is 5.65. The zero-order chi connectivity index (χ0) is 11.2. The van der Waals surface area contributed by atoms with Gasteiger partial charge in [0.05, 0.1) is 0 Å². The zero-order valence-electron chi connectivity index (χ0n) is 9.73. The second-order valence-electron chi connectivity index (χ2n) is 4.77. The van der Waals surface area contributed by atoms with Gasteiger partial charge in [0.1, 0.15) is 0 Å². The summed E-state index contributed by atoms with van der Waals surface area (Å²) in [7, 11) is 0.0541. The van der Waals surface area contributed by atoms with E-state index in [1.54, 1.807) is 0 Å². The van der Waals surface area contributed by atoms with E-state index in [1.807, 2.05) is 6.07 Å².